The molecular weight excluding hydrogens is 222 g/mol. The van der Waals surface area contributed by atoms with E-state index >= 15 is 0 Å². The summed E-state index contributed by atoms with van der Waals surface area (Å²) in [7, 11) is 4.32. The monoisotopic (exact) mass is 239 g/mol. The Hall–Kier alpha value is -1.75. The van der Waals surface area contributed by atoms with E-state index in [1.54, 1.807) is 12.1 Å². The predicted molar refractivity (Wildman–Crippen MR) is 63.2 cm³/mol. The van der Waals surface area contributed by atoms with E-state index in [0.717, 1.165) is 5.56 Å². The SMILES string of the molecule is COC(=O)C(N)c1c(OC)cc(C)cc1OC. The molecule has 0 bridgehead atoms. The van der Waals surface area contributed by atoms with E-state index in [1.165, 1.54) is 21.3 Å². The van der Waals surface area contributed by atoms with E-state index in [-0.39, 0.29) is 0 Å². The van der Waals surface area contributed by atoms with Crippen LogP contribution in [0.4, 0.5) is 0 Å². The van der Waals surface area contributed by atoms with Crippen molar-refractivity contribution in [3.8, 4) is 11.5 Å². The maximum absolute atomic E-state index is 11.5. The molecule has 0 heterocycles. The molecule has 0 saturated carbocycles. The lowest BCUT2D eigenvalue weighted by atomic mass is 10.0. The van der Waals surface area contributed by atoms with Crippen LogP contribution in [0.2, 0.25) is 0 Å². The predicted octanol–water partition coefficient (Wildman–Crippen LogP) is 1.19. The molecule has 94 valence electrons. The lowest BCUT2D eigenvalue weighted by molar-refractivity contribution is -0.142. The molecule has 0 fully saturated rings. The van der Waals surface area contributed by atoms with Crippen molar-refractivity contribution in [2.45, 2.75) is 13.0 Å². The molecule has 1 aromatic rings. The minimum atomic E-state index is -0.925. The molecule has 0 aliphatic rings. The molecule has 1 rings (SSSR count). The van der Waals surface area contributed by atoms with Crippen molar-refractivity contribution in [2.75, 3.05) is 21.3 Å². The summed E-state index contributed by atoms with van der Waals surface area (Å²) < 4.78 is 15.1. The molecule has 5 nitrogen and oxygen atoms in total. The third kappa shape index (κ3) is 2.68. The molecule has 0 spiro atoms. The van der Waals surface area contributed by atoms with Gasteiger partial charge in [-0.1, -0.05) is 0 Å². The smallest absolute Gasteiger partial charge is 0.327 e. The minimum absolute atomic E-state index is 0.493. The number of nitrogens with two attached hydrogens (primary N) is 1. The summed E-state index contributed by atoms with van der Waals surface area (Å²) in [5.41, 5.74) is 7.27. The fraction of sp³-hybridized carbons (Fsp3) is 0.417. The average molecular weight is 239 g/mol. The van der Waals surface area contributed by atoms with Gasteiger partial charge in [-0.15, -0.1) is 0 Å². The molecule has 0 saturated heterocycles. The van der Waals surface area contributed by atoms with Crippen molar-refractivity contribution < 1.29 is 19.0 Å². The first-order valence-corrected chi connectivity index (χ1v) is 5.11. The number of hydrogen-bond acceptors (Lipinski definition) is 5. The summed E-state index contributed by atoms with van der Waals surface area (Å²) in [6.45, 7) is 1.90. The highest BCUT2D eigenvalue weighted by Gasteiger charge is 2.25. The van der Waals surface area contributed by atoms with Crippen molar-refractivity contribution in [3.05, 3.63) is 23.3 Å². The van der Waals surface area contributed by atoms with Gasteiger partial charge >= 0.3 is 5.97 Å². The van der Waals surface area contributed by atoms with E-state index in [4.69, 9.17) is 15.2 Å². The van der Waals surface area contributed by atoms with Crippen molar-refractivity contribution in [2.24, 2.45) is 5.73 Å². The molecule has 1 aromatic carbocycles. The first kappa shape index (κ1) is 13.3. The van der Waals surface area contributed by atoms with E-state index in [1.807, 2.05) is 6.92 Å². The van der Waals surface area contributed by atoms with Crippen LogP contribution in [0.1, 0.15) is 17.2 Å². The highest BCUT2D eigenvalue weighted by Crippen LogP contribution is 2.34. The number of carbonyl (C=O) groups is 1. The largest absolute Gasteiger partial charge is 0.496 e. The highest BCUT2D eigenvalue weighted by atomic mass is 16.5. The summed E-state index contributed by atoms with van der Waals surface area (Å²) in [5, 5.41) is 0. The van der Waals surface area contributed by atoms with Crippen LogP contribution in [0.5, 0.6) is 11.5 Å². The summed E-state index contributed by atoms with van der Waals surface area (Å²) >= 11 is 0. The van der Waals surface area contributed by atoms with E-state index in [2.05, 4.69) is 4.74 Å². The summed E-state index contributed by atoms with van der Waals surface area (Å²) in [6, 6.07) is 2.66. The first-order valence-electron chi connectivity index (χ1n) is 5.11. The number of esters is 1. The zero-order valence-electron chi connectivity index (χ0n) is 10.4. The van der Waals surface area contributed by atoms with Crippen molar-refractivity contribution >= 4 is 5.97 Å². The first-order chi connectivity index (χ1) is 8.04. The Morgan fingerprint density at radius 3 is 2.00 bits per heavy atom. The fourth-order valence-corrected chi connectivity index (χ4v) is 1.62. The lowest BCUT2D eigenvalue weighted by Crippen LogP contribution is -2.24. The fourth-order valence-electron chi connectivity index (χ4n) is 1.62. The number of rotatable bonds is 4. The van der Waals surface area contributed by atoms with Gasteiger partial charge in [0, 0.05) is 0 Å². The van der Waals surface area contributed by atoms with Gasteiger partial charge in [0.15, 0.2) is 0 Å². The van der Waals surface area contributed by atoms with E-state index in [0.29, 0.717) is 17.1 Å². The quantitative estimate of drug-likeness (QED) is 0.799. The number of methoxy groups -OCH3 is 3. The van der Waals surface area contributed by atoms with Crippen LogP contribution in [0.25, 0.3) is 0 Å². The summed E-state index contributed by atoms with van der Waals surface area (Å²) in [6.07, 6.45) is 0. The van der Waals surface area contributed by atoms with E-state index < -0.39 is 12.0 Å². The minimum Gasteiger partial charge on any atom is -0.496 e. The topological polar surface area (TPSA) is 70.8 Å². The van der Waals surface area contributed by atoms with Gasteiger partial charge < -0.3 is 19.9 Å². The van der Waals surface area contributed by atoms with E-state index in [9.17, 15) is 4.79 Å². The second-order valence-corrected chi connectivity index (χ2v) is 3.58. The zero-order chi connectivity index (χ0) is 13.0. The maximum atomic E-state index is 11.5. The van der Waals surface area contributed by atoms with Crippen molar-refractivity contribution in [1.82, 2.24) is 0 Å². The van der Waals surface area contributed by atoms with Crippen LogP contribution in [0, 0.1) is 6.92 Å². The summed E-state index contributed by atoms with van der Waals surface area (Å²) in [5.74, 6) is 0.491. The molecule has 0 aliphatic heterocycles. The molecule has 1 atom stereocenters. The standard InChI is InChI=1S/C12H17NO4/c1-7-5-8(15-2)10(9(6-7)16-3)11(13)12(14)17-4/h5-6,11H,13H2,1-4H3. The van der Waals surface area contributed by atoms with Gasteiger partial charge in [0.05, 0.1) is 26.9 Å². The van der Waals surface area contributed by atoms with Gasteiger partial charge in [-0.25, -0.2) is 4.79 Å². The van der Waals surface area contributed by atoms with Gasteiger partial charge in [0.25, 0.3) is 0 Å². The van der Waals surface area contributed by atoms with Crippen molar-refractivity contribution in [1.29, 1.82) is 0 Å². The molecule has 0 radical (unpaired) electrons. The summed E-state index contributed by atoms with van der Waals surface area (Å²) in [4.78, 5) is 11.5. The third-order valence-electron chi connectivity index (χ3n) is 2.45. The molecule has 5 heteroatoms. The van der Waals surface area contributed by atoms with Crippen LogP contribution in [-0.2, 0) is 9.53 Å². The van der Waals surface area contributed by atoms with Crippen molar-refractivity contribution in [3.63, 3.8) is 0 Å². The number of benzene rings is 1. The van der Waals surface area contributed by atoms with Gasteiger partial charge in [0.2, 0.25) is 0 Å². The third-order valence-corrected chi connectivity index (χ3v) is 2.45. The van der Waals surface area contributed by atoms with Crippen LogP contribution < -0.4 is 15.2 Å². The van der Waals surface area contributed by atoms with Gasteiger partial charge in [0.1, 0.15) is 17.5 Å². The Balaban J connectivity index is 3.33. The molecule has 1 unspecified atom stereocenters. The maximum Gasteiger partial charge on any atom is 0.327 e. The highest BCUT2D eigenvalue weighted by molar-refractivity contribution is 5.79. The Morgan fingerprint density at radius 1 is 1.18 bits per heavy atom. The Bertz CT molecular complexity index is 392. The second-order valence-electron chi connectivity index (χ2n) is 3.58. The normalized spacial score (nSPS) is 11.8. The molecule has 2 N–H and O–H groups in total. The molecule has 0 aromatic heterocycles. The molecule has 0 amide bonds. The van der Waals surface area contributed by atoms with Crippen LogP contribution >= 0.6 is 0 Å². The van der Waals surface area contributed by atoms with Gasteiger partial charge in [-0.05, 0) is 24.6 Å². The second kappa shape index (κ2) is 5.54. The number of carbonyl (C=O) groups excluding carboxylic acids is 1. The Kier molecular flexibility index (Phi) is 4.34. The van der Waals surface area contributed by atoms with Crippen LogP contribution in [-0.4, -0.2) is 27.3 Å². The lowest BCUT2D eigenvalue weighted by Gasteiger charge is -2.18. The zero-order valence-corrected chi connectivity index (χ0v) is 10.4. The molecule has 17 heavy (non-hydrogen) atoms. The average Bonchev–Trinajstić information content (AvgIpc) is 2.35. The van der Waals surface area contributed by atoms with Gasteiger partial charge in [-0.3, -0.25) is 0 Å². The Labute approximate surface area is 100 Å². The number of ether oxygens (including phenoxy) is 3. The van der Waals surface area contributed by atoms with Crippen LogP contribution in [0.3, 0.4) is 0 Å². The van der Waals surface area contributed by atoms with Gasteiger partial charge in [-0.2, -0.15) is 0 Å². The molecule has 0 aliphatic carbocycles. The molecular formula is C12H17NO4. The Morgan fingerprint density at radius 2 is 1.65 bits per heavy atom. The number of aryl methyl sites for hydroxylation is 1. The number of hydrogen-bond donors (Lipinski definition) is 1. The van der Waals surface area contributed by atoms with Crippen LogP contribution in [0.15, 0.2) is 12.1 Å².